The smallest absolute Gasteiger partial charge is 0.311 e. The standard InChI is InChI=1S/C22H27N3O4S.C10H8/c1-15(2)23-14-16-8-9-18-19(10-11-29-21(18)12-16)24-22(26)13-20(25-30(27)28)17-6-4-3-5-7-17;1-2-6-10-8-4-3-7-9(10)5-1/h3-9,12,15,19-20,23H,10-11,13-14H2,1-2H3,(H,24,26);1-8H. The summed E-state index contributed by atoms with van der Waals surface area (Å²) >= 11 is 0. The molecule has 5 rings (SSSR count). The Balaban J connectivity index is 0.000000307. The van der Waals surface area contributed by atoms with Gasteiger partial charge in [-0.15, -0.1) is 0 Å². The van der Waals surface area contributed by atoms with Gasteiger partial charge in [0, 0.05) is 24.6 Å². The van der Waals surface area contributed by atoms with Gasteiger partial charge >= 0.3 is 10.5 Å². The van der Waals surface area contributed by atoms with E-state index in [2.05, 4.69) is 77.4 Å². The van der Waals surface area contributed by atoms with Crippen molar-refractivity contribution >= 4 is 27.2 Å². The minimum absolute atomic E-state index is 0.0406. The summed E-state index contributed by atoms with van der Waals surface area (Å²) in [6.45, 7) is 5.45. The van der Waals surface area contributed by atoms with E-state index in [-0.39, 0.29) is 18.4 Å². The van der Waals surface area contributed by atoms with Gasteiger partial charge in [0.25, 0.3) is 0 Å². The molecule has 40 heavy (non-hydrogen) atoms. The van der Waals surface area contributed by atoms with Crippen molar-refractivity contribution in [2.24, 2.45) is 4.36 Å². The number of carbonyl (C=O) groups is 1. The number of ether oxygens (including phenoxy) is 1. The molecule has 0 bridgehead atoms. The molecular weight excluding hydrogens is 522 g/mol. The van der Waals surface area contributed by atoms with Gasteiger partial charge in [0.1, 0.15) is 11.8 Å². The average Bonchev–Trinajstić information content (AvgIpc) is 2.96. The van der Waals surface area contributed by atoms with E-state index in [4.69, 9.17) is 4.74 Å². The fraction of sp³-hybridized carbons (Fsp3) is 0.281. The Kier molecular flexibility index (Phi) is 10.4. The number of benzene rings is 4. The van der Waals surface area contributed by atoms with Crippen LogP contribution in [0, 0.1) is 0 Å². The molecule has 4 aromatic carbocycles. The molecule has 0 spiro atoms. The topological polar surface area (TPSA) is 96.9 Å². The number of nitrogens with zero attached hydrogens (tertiary/aromatic N) is 1. The first-order chi connectivity index (χ1) is 19.4. The number of rotatable bonds is 8. The van der Waals surface area contributed by atoms with E-state index >= 15 is 0 Å². The lowest BCUT2D eigenvalue weighted by molar-refractivity contribution is -0.122. The lowest BCUT2D eigenvalue weighted by atomic mass is 9.98. The highest BCUT2D eigenvalue weighted by atomic mass is 32.2. The molecule has 0 fully saturated rings. The predicted octanol–water partition coefficient (Wildman–Crippen LogP) is 6.16. The van der Waals surface area contributed by atoms with Crippen LogP contribution in [0.2, 0.25) is 0 Å². The molecule has 0 saturated carbocycles. The predicted molar refractivity (Wildman–Crippen MR) is 159 cm³/mol. The van der Waals surface area contributed by atoms with Gasteiger partial charge in [-0.3, -0.25) is 4.79 Å². The van der Waals surface area contributed by atoms with E-state index in [1.54, 1.807) is 24.3 Å². The van der Waals surface area contributed by atoms with Crippen molar-refractivity contribution in [1.82, 2.24) is 10.6 Å². The van der Waals surface area contributed by atoms with E-state index in [1.165, 1.54) is 10.8 Å². The molecule has 0 aliphatic carbocycles. The molecule has 1 amide bonds. The molecule has 208 valence electrons. The Morgan fingerprint density at radius 3 is 2.15 bits per heavy atom. The minimum atomic E-state index is -2.59. The number of carbonyl (C=O) groups excluding carboxylic acids is 1. The van der Waals surface area contributed by atoms with Gasteiger partial charge in [0.15, 0.2) is 0 Å². The highest BCUT2D eigenvalue weighted by molar-refractivity contribution is 7.61. The van der Waals surface area contributed by atoms with Crippen molar-refractivity contribution in [1.29, 1.82) is 0 Å². The summed E-state index contributed by atoms with van der Waals surface area (Å²) in [5.74, 6) is 0.529. The quantitative estimate of drug-likeness (QED) is 0.271. The van der Waals surface area contributed by atoms with E-state index in [1.807, 2.05) is 24.3 Å². The van der Waals surface area contributed by atoms with Gasteiger partial charge in [-0.2, -0.15) is 12.8 Å². The molecule has 0 aromatic heterocycles. The highest BCUT2D eigenvalue weighted by Gasteiger charge is 2.25. The minimum Gasteiger partial charge on any atom is -0.493 e. The van der Waals surface area contributed by atoms with Crippen LogP contribution >= 0.6 is 0 Å². The van der Waals surface area contributed by atoms with Crippen LogP contribution in [0.4, 0.5) is 0 Å². The lowest BCUT2D eigenvalue weighted by Gasteiger charge is -2.27. The van der Waals surface area contributed by atoms with Crippen molar-refractivity contribution in [3.63, 3.8) is 0 Å². The third-order valence-corrected chi connectivity index (χ3v) is 7.03. The summed E-state index contributed by atoms with van der Waals surface area (Å²) in [5, 5.41) is 9.02. The highest BCUT2D eigenvalue weighted by Crippen LogP contribution is 2.33. The van der Waals surface area contributed by atoms with Gasteiger partial charge in [0.2, 0.25) is 5.91 Å². The molecule has 0 saturated heterocycles. The molecule has 2 atom stereocenters. The van der Waals surface area contributed by atoms with Crippen molar-refractivity contribution in [3.8, 4) is 5.75 Å². The van der Waals surface area contributed by atoms with Crippen LogP contribution in [-0.4, -0.2) is 27.0 Å². The van der Waals surface area contributed by atoms with Crippen LogP contribution in [0.15, 0.2) is 101 Å². The van der Waals surface area contributed by atoms with Crippen molar-refractivity contribution in [3.05, 3.63) is 114 Å². The molecular formula is C32H35N3O4S. The van der Waals surface area contributed by atoms with Crippen LogP contribution in [0.25, 0.3) is 10.8 Å². The van der Waals surface area contributed by atoms with Gasteiger partial charge in [0.05, 0.1) is 19.1 Å². The van der Waals surface area contributed by atoms with Crippen molar-refractivity contribution in [2.45, 2.75) is 51.4 Å². The molecule has 1 aliphatic heterocycles. The zero-order valence-corrected chi connectivity index (χ0v) is 23.6. The number of fused-ring (bicyclic) bond motifs is 2. The van der Waals surface area contributed by atoms with Gasteiger partial charge in [-0.1, -0.05) is 105 Å². The summed E-state index contributed by atoms with van der Waals surface area (Å²) in [7, 11) is -2.59. The largest absolute Gasteiger partial charge is 0.493 e. The van der Waals surface area contributed by atoms with Crippen molar-refractivity contribution in [2.75, 3.05) is 6.61 Å². The number of hydrogen-bond acceptors (Lipinski definition) is 6. The Hall–Kier alpha value is -4.01. The fourth-order valence-electron chi connectivity index (χ4n) is 4.57. The summed E-state index contributed by atoms with van der Waals surface area (Å²) in [6, 6.07) is 31.2. The third-order valence-electron chi connectivity index (χ3n) is 6.60. The summed E-state index contributed by atoms with van der Waals surface area (Å²) in [5.41, 5.74) is 2.74. The van der Waals surface area contributed by atoms with E-state index in [0.29, 0.717) is 24.6 Å². The van der Waals surface area contributed by atoms with E-state index in [9.17, 15) is 13.2 Å². The Labute approximate surface area is 237 Å². The SMILES string of the molecule is CC(C)NCc1ccc2c(c1)OCCC2NC(=O)CC(N=S(=O)=O)c1ccccc1.c1ccc2ccccc2c1. The maximum atomic E-state index is 12.7. The second-order valence-electron chi connectivity index (χ2n) is 9.97. The zero-order valence-electron chi connectivity index (χ0n) is 22.8. The Morgan fingerprint density at radius 2 is 1.55 bits per heavy atom. The summed E-state index contributed by atoms with van der Waals surface area (Å²) in [6.07, 6.45) is 0.615. The van der Waals surface area contributed by atoms with E-state index in [0.717, 1.165) is 23.4 Å². The molecule has 7 nitrogen and oxygen atoms in total. The summed E-state index contributed by atoms with van der Waals surface area (Å²) < 4.78 is 31.8. The molecule has 8 heteroatoms. The van der Waals surface area contributed by atoms with Crippen LogP contribution in [-0.2, 0) is 21.8 Å². The molecule has 0 radical (unpaired) electrons. The van der Waals surface area contributed by atoms with Crippen LogP contribution < -0.4 is 15.4 Å². The Bertz CT molecular complexity index is 1480. The first kappa shape index (κ1) is 29.0. The molecule has 1 aliphatic rings. The molecule has 2 N–H and O–H groups in total. The van der Waals surface area contributed by atoms with Gasteiger partial charge < -0.3 is 15.4 Å². The van der Waals surface area contributed by atoms with Crippen LogP contribution in [0.5, 0.6) is 5.75 Å². The first-order valence-corrected chi connectivity index (χ1v) is 14.5. The van der Waals surface area contributed by atoms with E-state index < -0.39 is 16.5 Å². The maximum Gasteiger partial charge on any atom is 0.311 e. The van der Waals surface area contributed by atoms with Gasteiger partial charge in [-0.25, -0.2) is 0 Å². The number of hydrogen-bond donors (Lipinski definition) is 2. The fourth-order valence-corrected chi connectivity index (χ4v) is 4.98. The first-order valence-electron chi connectivity index (χ1n) is 13.5. The second-order valence-corrected chi connectivity index (χ2v) is 10.6. The average molecular weight is 558 g/mol. The van der Waals surface area contributed by atoms with Crippen LogP contribution in [0.3, 0.4) is 0 Å². The zero-order chi connectivity index (χ0) is 28.3. The van der Waals surface area contributed by atoms with Gasteiger partial charge in [-0.05, 0) is 28.0 Å². The third kappa shape index (κ3) is 8.49. The monoisotopic (exact) mass is 557 g/mol. The second kappa shape index (κ2) is 14.4. The van der Waals surface area contributed by atoms with Crippen LogP contribution in [0.1, 0.15) is 55.5 Å². The summed E-state index contributed by atoms with van der Waals surface area (Å²) in [4.78, 5) is 12.7. The Morgan fingerprint density at radius 1 is 0.925 bits per heavy atom. The maximum absolute atomic E-state index is 12.7. The van der Waals surface area contributed by atoms with Crippen molar-refractivity contribution < 1.29 is 17.9 Å². The molecule has 1 heterocycles. The lowest BCUT2D eigenvalue weighted by Crippen LogP contribution is -2.33. The number of nitrogens with one attached hydrogen (secondary N) is 2. The molecule has 4 aromatic rings. The molecule has 2 unspecified atom stereocenters. The number of amides is 1. The normalized spacial score (nSPS) is 14.7.